The number of anilines is 1. The number of hydrogen-bond acceptors (Lipinski definition) is 2. The lowest BCUT2D eigenvalue weighted by atomic mass is 9.85. The fraction of sp³-hybridized carbons (Fsp3) is 0.444. The maximum Gasteiger partial charge on any atom is 0.417 e. The van der Waals surface area contributed by atoms with Gasteiger partial charge in [0.15, 0.2) is 0 Å². The molecule has 130 valence electrons. The fourth-order valence-electron chi connectivity index (χ4n) is 5.20. The number of amides is 2. The number of halogens is 4. The maximum absolute atomic E-state index is 13.1. The molecule has 4 aliphatic rings. The lowest BCUT2D eigenvalue weighted by Gasteiger charge is -2.22. The van der Waals surface area contributed by atoms with Gasteiger partial charge in [-0.25, -0.2) is 0 Å². The Morgan fingerprint density at radius 3 is 2.08 bits per heavy atom. The number of carbonyl (C=O) groups is 2. The van der Waals surface area contributed by atoms with Crippen LogP contribution in [-0.4, -0.2) is 11.8 Å². The zero-order chi connectivity index (χ0) is 17.7. The largest absolute Gasteiger partial charge is 0.417 e. The number of alkyl halides is 3. The van der Waals surface area contributed by atoms with Crippen molar-refractivity contribution in [3.63, 3.8) is 0 Å². The lowest BCUT2D eigenvalue weighted by molar-refractivity contribution is -0.137. The number of hydrogen-bond donors (Lipinski definition) is 0. The van der Waals surface area contributed by atoms with Crippen LogP contribution < -0.4 is 4.90 Å². The maximum atomic E-state index is 13.1. The van der Waals surface area contributed by atoms with E-state index in [4.69, 9.17) is 11.6 Å². The average molecular weight is 368 g/mol. The molecule has 5 rings (SSSR count). The molecular weight excluding hydrogens is 355 g/mol. The highest BCUT2D eigenvalue weighted by Crippen LogP contribution is 2.73. The predicted molar refractivity (Wildman–Crippen MR) is 83.7 cm³/mol. The summed E-state index contributed by atoms with van der Waals surface area (Å²) in [5.74, 6) is -1.55. The second-order valence-electron chi connectivity index (χ2n) is 7.39. The SMILES string of the molecule is O=C1[C@@H]2[C@@H](C(=O)N1c1ccc(Cl)c(C(F)(F)F)c1)[C@H]1C=C[C@H]2C12CC2. The van der Waals surface area contributed by atoms with E-state index in [1.807, 2.05) is 12.2 Å². The summed E-state index contributed by atoms with van der Waals surface area (Å²) >= 11 is 5.64. The van der Waals surface area contributed by atoms with Crippen molar-refractivity contribution in [2.24, 2.45) is 29.1 Å². The van der Waals surface area contributed by atoms with E-state index in [1.165, 1.54) is 6.07 Å². The van der Waals surface area contributed by atoms with Crippen molar-refractivity contribution in [3.05, 3.63) is 40.9 Å². The molecule has 1 spiro atoms. The van der Waals surface area contributed by atoms with Crippen molar-refractivity contribution in [1.29, 1.82) is 0 Å². The molecule has 0 unspecified atom stereocenters. The van der Waals surface area contributed by atoms with Crippen LogP contribution in [0, 0.1) is 29.1 Å². The molecule has 1 saturated heterocycles. The van der Waals surface area contributed by atoms with E-state index < -0.39 is 28.6 Å². The molecule has 0 aromatic heterocycles. The van der Waals surface area contributed by atoms with E-state index in [1.54, 1.807) is 0 Å². The Kier molecular flexibility index (Phi) is 2.76. The smallest absolute Gasteiger partial charge is 0.274 e. The molecule has 2 bridgehead atoms. The summed E-state index contributed by atoms with van der Waals surface area (Å²) in [5, 5.41) is -0.450. The highest BCUT2D eigenvalue weighted by molar-refractivity contribution is 6.31. The van der Waals surface area contributed by atoms with Crippen LogP contribution in [0.1, 0.15) is 18.4 Å². The van der Waals surface area contributed by atoms with Crippen molar-refractivity contribution >= 4 is 29.1 Å². The summed E-state index contributed by atoms with van der Waals surface area (Å²) in [4.78, 5) is 26.7. The minimum atomic E-state index is -4.65. The van der Waals surface area contributed by atoms with Crippen molar-refractivity contribution in [2.75, 3.05) is 4.90 Å². The third-order valence-corrected chi connectivity index (χ3v) is 6.70. The first kappa shape index (κ1) is 15.4. The first-order chi connectivity index (χ1) is 11.8. The van der Waals surface area contributed by atoms with Gasteiger partial charge in [0, 0.05) is 0 Å². The standard InChI is InChI=1S/C18H13ClF3NO2/c19-12-4-1-8(7-11(12)18(20,21)22)23-15(24)13-9-2-3-10(14(13)16(23)25)17(9)5-6-17/h1-4,7,9-10,13-14H,5-6H2/t9-,10-,13+,14+/m1/s1. The summed E-state index contributed by atoms with van der Waals surface area (Å²) in [7, 11) is 0. The molecule has 2 saturated carbocycles. The summed E-state index contributed by atoms with van der Waals surface area (Å²) in [5.41, 5.74) is -1.03. The van der Waals surface area contributed by atoms with Crippen LogP contribution in [0.25, 0.3) is 0 Å². The van der Waals surface area contributed by atoms with Gasteiger partial charge in [-0.1, -0.05) is 23.8 Å². The molecule has 0 N–H and O–H groups in total. The average Bonchev–Trinajstić information content (AvgIpc) is 3.13. The number of rotatable bonds is 1. The van der Waals surface area contributed by atoms with Gasteiger partial charge >= 0.3 is 6.18 Å². The van der Waals surface area contributed by atoms with E-state index in [9.17, 15) is 22.8 Å². The first-order valence-electron chi connectivity index (χ1n) is 8.18. The minimum absolute atomic E-state index is 0.0401. The third kappa shape index (κ3) is 1.78. The number of nitrogens with zero attached hydrogens (tertiary/aromatic N) is 1. The Hall–Kier alpha value is -1.82. The normalized spacial score (nSPS) is 34.3. The lowest BCUT2D eigenvalue weighted by Crippen LogP contribution is -2.34. The highest BCUT2D eigenvalue weighted by atomic mass is 35.5. The Morgan fingerprint density at radius 1 is 1.04 bits per heavy atom. The van der Waals surface area contributed by atoms with Crippen molar-refractivity contribution in [3.8, 4) is 0 Å². The summed E-state index contributed by atoms with van der Waals surface area (Å²) in [6, 6.07) is 3.18. The molecule has 25 heavy (non-hydrogen) atoms. The minimum Gasteiger partial charge on any atom is -0.274 e. The van der Waals surface area contributed by atoms with Crippen molar-refractivity contribution in [1.82, 2.24) is 0 Å². The summed E-state index contributed by atoms with van der Waals surface area (Å²) in [6.07, 6.45) is 1.44. The second-order valence-corrected chi connectivity index (χ2v) is 7.80. The zero-order valence-corrected chi connectivity index (χ0v) is 13.6. The Labute approximate surface area is 146 Å². The zero-order valence-electron chi connectivity index (χ0n) is 12.9. The Morgan fingerprint density at radius 2 is 1.60 bits per heavy atom. The van der Waals surface area contributed by atoms with Gasteiger partial charge in [0.2, 0.25) is 11.8 Å². The van der Waals surface area contributed by atoms with Crippen LogP contribution >= 0.6 is 11.6 Å². The molecule has 3 nitrogen and oxygen atoms in total. The van der Waals surface area contributed by atoms with Crippen molar-refractivity contribution < 1.29 is 22.8 Å². The van der Waals surface area contributed by atoms with E-state index in [-0.39, 0.29) is 34.8 Å². The molecule has 1 aromatic carbocycles. The molecule has 3 fully saturated rings. The highest BCUT2D eigenvalue weighted by Gasteiger charge is 2.73. The van der Waals surface area contributed by atoms with E-state index in [2.05, 4.69) is 0 Å². The third-order valence-electron chi connectivity index (χ3n) is 6.37. The van der Waals surface area contributed by atoms with Gasteiger partial charge in [-0.15, -0.1) is 0 Å². The van der Waals surface area contributed by atoms with Crippen LogP contribution in [-0.2, 0) is 15.8 Å². The second kappa shape index (κ2) is 4.47. The Bertz CT molecular complexity index is 824. The van der Waals surface area contributed by atoms with Crippen LogP contribution in [0.15, 0.2) is 30.4 Å². The molecule has 7 heteroatoms. The van der Waals surface area contributed by atoms with E-state index in [0.717, 1.165) is 29.9 Å². The monoisotopic (exact) mass is 367 g/mol. The topological polar surface area (TPSA) is 37.4 Å². The van der Waals surface area contributed by atoms with Crippen LogP contribution in [0.3, 0.4) is 0 Å². The van der Waals surface area contributed by atoms with E-state index in [0.29, 0.717) is 0 Å². The summed E-state index contributed by atoms with van der Waals surface area (Å²) < 4.78 is 39.3. The molecule has 3 aliphatic carbocycles. The molecule has 1 aliphatic heterocycles. The number of allylic oxidation sites excluding steroid dienone is 2. The van der Waals surface area contributed by atoms with Gasteiger partial charge in [0.1, 0.15) is 0 Å². The van der Waals surface area contributed by atoms with Crippen LogP contribution in [0.2, 0.25) is 5.02 Å². The number of imide groups is 1. The number of benzene rings is 1. The Balaban J connectivity index is 1.56. The molecule has 0 radical (unpaired) electrons. The van der Waals surface area contributed by atoms with Gasteiger partial charge in [0.25, 0.3) is 0 Å². The molecule has 4 atom stereocenters. The van der Waals surface area contributed by atoms with Gasteiger partial charge < -0.3 is 0 Å². The van der Waals surface area contributed by atoms with Gasteiger partial charge in [0.05, 0.1) is 28.1 Å². The molecule has 1 heterocycles. The quantitative estimate of drug-likeness (QED) is 0.554. The summed E-state index contributed by atoms with van der Waals surface area (Å²) in [6.45, 7) is 0. The van der Waals surface area contributed by atoms with Crippen molar-refractivity contribution in [2.45, 2.75) is 19.0 Å². The number of carbonyl (C=O) groups excluding carboxylic acids is 2. The molecule has 1 aromatic rings. The van der Waals surface area contributed by atoms with Crippen LogP contribution in [0.4, 0.5) is 18.9 Å². The van der Waals surface area contributed by atoms with Crippen LogP contribution in [0.5, 0.6) is 0 Å². The molecular formula is C18H13ClF3NO2. The van der Waals surface area contributed by atoms with E-state index >= 15 is 0 Å². The number of fused-ring (bicyclic) bond motifs is 3. The van der Waals surface area contributed by atoms with Gasteiger partial charge in [-0.3, -0.25) is 14.5 Å². The predicted octanol–water partition coefficient (Wildman–Crippen LogP) is 4.06. The molecule has 2 amide bonds. The fourth-order valence-corrected chi connectivity index (χ4v) is 5.43. The first-order valence-corrected chi connectivity index (χ1v) is 8.56. The van der Waals surface area contributed by atoms with Gasteiger partial charge in [-0.05, 0) is 48.3 Å². The van der Waals surface area contributed by atoms with Gasteiger partial charge in [-0.2, -0.15) is 13.2 Å².